The van der Waals surface area contributed by atoms with E-state index in [-0.39, 0.29) is 29.5 Å². The second-order valence-corrected chi connectivity index (χ2v) is 5.37. The molecule has 1 aromatic rings. The minimum atomic E-state index is 0. The molecular weight excluding hydrogens is 255 g/mol. The zero-order chi connectivity index (χ0) is 12.3. The molecule has 1 atom stereocenters. The van der Waals surface area contributed by atoms with E-state index in [1.54, 1.807) is 12.1 Å². The van der Waals surface area contributed by atoms with Crippen molar-refractivity contribution in [3.63, 3.8) is 0 Å². The molecule has 0 radical (unpaired) electrons. The lowest BCUT2D eigenvalue weighted by molar-refractivity contribution is 0.0814. The molecule has 0 saturated carbocycles. The summed E-state index contributed by atoms with van der Waals surface area (Å²) >= 11 is 5.89. The van der Waals surface area contributed by atoms with Gasteiger partial charge in [0.1, 0.15) is 0 Å². The summed E-state index contributed by atoms with van der Waals surface area (Å²) in [7, 11) is 0. The molecule has 17 heavy (non-hydrogen) atoms. The van der Waals surface area contributed by atoms with Gasteiger partial charge < -0.3 is 0 Å². The third-order valence-electron chi connectivity index (χ3n) is 3.59. The van der Waals surface area contributed by atoms with Crippen molar-refractivity contribution in [1.29, 1.82) is 0 Å². The Labute approximate surface area is 115 Å². The first-order valence-corrected chi connectivity index (χ1v) is 6.06. The number of rotatable bonds is 4. The van der Waals surface area contributed by atoms with Crippen LogP contribution in [0.1, 0.15) is 44.5 Å². The molecule has 1 aromatic carbocycles. The molecule has 1 nitrogen and oxygen atoms in total. The molecule has 0 bridgehead atoms. The molecule has 1 rings (SSSR count). The van der Waals surface area contributed by atoms with Crippen molar-refractivity contribution in [3.05, 3.63) is 34.9 Å². The second kappa shape index (κ2) is 6.42. The molecule has 96 valence electrons. The average Bonchev–Trinajstić information content (AvgIpc) is 2.27. The quantitative estimate of drug-likeness (QED) is 0.705. The number of carbonyl (C=O) groups is 1. The Bertz CT molecular complexity index is 386. The van der Waals surface area contributed by atoms with Crippen molar-refractivity contribution in [2.24, 2.45) is 11.3 Å². The second-order valence-electron chi connectivity index (χ2n) is 4.94. The van der Waals surface area contributed by atoms with Gasteiger partial charge in [0.25, 0.3) is 0 Å². The summed E-state index contributed by atoms with van der Waals surface area (Å²) in [4.78, 5) is 12.2. The van der Waals surface area contributed by atoms with Crippen LogP contribution in [0, 0.1) is 11.3 Å². The molecule has 0 amide bonds. The number of benzene rings is 1. The molecule has 1 unspecified atom stereocenters. The summed E-state index contributed by atoms with van der Waals surface area (Å²) in [6.45, 7) is 8.36. The van der Waals surface area contributed by atoms with Crippen molar-refractivity contribution in [3.8, 4) is 0 Å². The van der Waals surface area contributed by atoms with Crippen LogP contribution in [0.2, 0.25) is 5.02 Å². The van der Waals surface area contributed by atoms with Crippen molar-refractivity contribution in [2.45, 2.75) is 34.1 Å². The summed E-state index contributed by atoms with van der Waals surface area (Å²) in [5.74, 6) is 0.185. The predicted octanol–water partition coefficient (Wildman–Crippen LogP) is 5.02. The van der Waals surface area contributed by atoms with Crippen LogP contribution in [-0.4, -0.2) is 5.78 Å². The Hall–Kier alpha value is -0.530. The van der Waals surface area contributed by atoms with Crippen LogP contribution >= 0.6 is 24.0 Å². The molecular formula is C14H20Cl2O. The normalized spacial score (nSPS) is 12.8. The molecule has 0 heterocycles. The molecule has 3 heteroatoms. The summed E-state index contributed by atoms with van der Waals surface area (Å²) in [5.41, 5.74) is 0.737. The number of ketones is 1. The van der Waals surface area contributed by atoms with E-state index in [2.05, 4.69) is 20.8 Å². The van der Waals surface area contributed by atoms with Crippen LogP contribution in [-0.2, 0) is 0 Å². The third kappa shape index (κ3) is 4.01. The van der Waals surface area contributed by atoms with E-state index in [4.69, 9.17) is 11.6 Å². The maximum atomic E-state index is 12.2. The first-order chi connectivity index (χ1) is 7.38. The number of Topliss-reactive ketones (excluding diaryl/α,β-unsaturated/α-hetero) is 1. The SMILES string of the molecule is CCC(C)(C)C(C)C(=O)c1cccc(Cl)c1.Cl. The van der Waals surface area contributed by atoms with Gasteiger partial charge in [-0.1, -0.05) is 57.8 Å². The molecule has 0 fully saturated rings. The number of halogens is 2. The van der Waals surface area contributed by atoms with Crippen molar-refractivity contribution < 1.29 is 4.79 Å². The van der Waals surface area contributed by atoms with Gasteiger partial charge in [-0.3, -0.25) is 4.79 Å². The fourth-order valence-electron chi connectivity index (χ4n) is 1.55. The van der Waals surface area contributed by atoms with Gasteiger partial charge >= 0.3 is 0 Å². The summed E-state index contributed by atoms with van der Waals surface area (Å²) in [6.07, 6.45) is 0.987. The minimum absolute atomic E-state index is 0. The van der Waals surface area contributed by atoms with Crippen molar-refractivity contribution >= 4 is 29.8 Å². The highest BCUT2D eigenvalue weighted by Gasteiger charge is 2.30. The summed E-state index contributed by atoms with van der Waals surface area (Å²) < 4.78 is 0. The molecule has 0 spiro atoms. The molecule has 0 N–H and O–H groups in total. The monoisotopic (exact) mass is 274 g/mol. The fourth-order valence-corrected chi connectivity index (χ4v) is 1.74. The Kier molecular flexibility index (Phi) is 6.22. The third-order valence-corrected chi connectivity index (χ3v) is 3.82. The van der Waals surface area contributed by atoms with Crippen molar-refractivity contribution in [1.82, 2.24) is 0 Å². The maximum absolute atomic E-state index is 12.2. The van der Waals surface area contributed by atoms with Crippen LogP contribution in [0.25, 0.3) is 0 Å². The zero-order valence-electron chi connectivity index (χ0n) is 10.8. The van der Waals surface area contributed by atoms with Gasteiger partial charge in [-0.15, -0.1) is 12.4 Å². The largest absolute Gasteiger partial charge is 0.294 e. The number of carbonyl (C=O) groups excluding carboxylic acids is 1. The number of hydrogen-bond donors (Lipinski definition) is 0. The standard InChI is InChI=1S/C14H19ClO.ClH/c1-5-14(3,4)10(2)13(16)11-7-6-8-12(15)9-11;/h6-10H,5H2,1-4H3;1H. The molecule has 0 aromatic heterocycles. The first-order valence-electron chi connectivity index (χ1n) is 5.68. The van der Waals surface area contributed by atoms with Crippen molar-refractivity contribution in [2.75, 3.05) is 0 Å². The molecule has 0 saturated heterocycles. The average molecular weight is 275 g/mol. The van der Waals surface area contributed by atoms with Crippen LogP contribution in [0.3, 0.4) is 0 Å². The van der Waals surface area contributed by atoms with Gasteiger partial charge in [0.2, 0.25) is 0 Å². The Balaban J connectivity index is 0.00000256. The van der Waals surface area contributed by atoms with E-state index in [9.17, 15) is 4.79 Å². The van der Waals surface area contributed by atoms with Crippen LogP contribution < -0.4 is 0 Å². The van der Waals surface area contributed by atoms with Gasteiger partial charge in [-0.25, -0.2) is 0 Å². The molecule has 0 aliphatic heterocycles. The summed E-state index contributed by atoms with van der Waals surface area (Å²) in [6, 6.07) is 7.18. The van der Waals surface area contributed by atoms with Crippen LogP contribution in [0.4, 0.5) is 0 Å². The first kappa shape index (κ1) is 16.5. The topological polar surface area (TPSA) is 17.1 Å². The van der Waals surface area contributed by atoms with E-state index in [0.29, 0.717) is 10.6 Å². The van der Waals surface area contributed by atoms with Gasteiger partial charge in [0.05, 0.1) is 0 Å². The van der Waals surface area contributed by atoms with Gasteiger partial charge in [0.15, 0.2) is 5.78 Å². The Morgan fingerprint density at radius 1 is 1.41 bits per heavy atom. The van der Waals surface area contributed by atoms with Gasteiger partial charge in [0, 0.05) is 16.5 Å². The number of hydrogen-bond acceptors (Lipinski definition) is 1. The van der Waals surface area contributed by atoms with E-state index in [0.717, 1.165) is 6.42 Å². The van der Waals surface area contributed by atoms with Gasteiger partial charge in [-0.2, -0.15) is 0 Å². The lowest BCUT2D eigenvalue weighted by Gasteiger charge is -2.29. The highest BCUT2D eigenvalue weighted by Crippen LogP contribution is 2.32. The fraction of sp³-hybridized carbons (Fsp3) is 0.500. The van der Waals surface area contributed by atoms with Gasteiger partial charge in [-0.05, 0) is 17.5 Å². The lowest BCUT2D eigenvalue weighted by atomic mass is 9.74. The van der Waals surface area contributed by atoms with E-state index < -0.39 is 0 Å². The summed E-state index contributed by atoms with van der Waals surface area (Å²) in [5, 5.41) is 0.618. The van der Waals surface area contributed by atoms with E-state index in [1.165, 1.54) is 0 Å². The smallest absolute Gasteiger partial charge is 0.166 e. The van der Waals surface area contributed by atoms with E-state index >= 15 is 0 Å². The Morgan fingerprint density at radius 2 is 2.00 bits per heavy atom. The Morgan fingerprint density at radius 3 is 2.47 bits per heavy atom. The highest BCUT2D eigenvalue weighted by molar-refractivity contribution is 6.31. The zero-order valence-corrected chi connectivity index (χ0v) is 12.4. The maximum Gasteiger partial charge on any atom is 0.166 e. The van der Waals surface area contributed by atoms with Crippen LogP contribution in [0.15, 0.2) is 24.3 Å². The highest BCUT2D eigenvalue weighted by atomic mass is 35.5. The lowest BCUT2D eigenvalue weighted by Crippen LogP contribution is -2.28. The van der Waals surface area contributed by atoms with E-state index in [1.807, 2.05) is 19.1 Å². The molecule has 0 aliphatic carbocycles. The molecule has 0 aliphatic rings. The predicted molar refractivity (Wildman–Crippen MR) is 76.3 cm³/mol. The van der Waals surface area contributed by atoms with Crippen LogP contribution in [0.5, 0.6) is 0 Å². The minimum Gasteiger partial charge on any atom is -0.294 e.